The summed E-state index contributed by atoms with van der Waals surface area (Å²) in [6.45, 7) is 6.55. The van der Waals surface area contributed by atoms with Gasteiger partial charge in [-0.05, 0) is 51.5 Å². The Morgan fingerprint density at radius 3 is 2.91 bits per heavy atom. The summed E-state index contributed by atoms with van der Waals surface area (Å²) in [4.78, 5) is 24.1. The topological polar surface area (TPSA) is 110 Å². The Kier molecular flexibility index (Phi) is 6.97. The molecule has 182 valence electrons. The Labute approximate surface area is 203 Å². The van der Waals surface area contributed by atoms with Crippen LogP contribution in [0, 0.1) is 0 Å². The number of pyridine rings is 1. The molecule has 1 aliphatic heterocycles. The minimum absolute atomic E-state index is 0.0292. The van der Waals surface area contributed by atoms with Gasteiger partial charge in [-0.2, -0.15) is 4.98 Å². The van der Waals surface area contributed by atoms with Crippen LogP contribution in [-0.2, 0) is 4.74 Å². The van der Waals surface area contributed by atoms with E-state index in [0.717, 1.165) is 5.69 Å². The van der Waals surface area contributed by atoms with E-state index in [4.69, 9.17) is 25.5 Å². The van der Waals surface area contributed by atoms with Gasteiger partial charge in [0.25, 0.3) is 11.9 Å². The number of carbonyl (C=O) groups is 1. The predicted molar refractivity (Wildman–Crippen MR) is 128 cm³/mol. The van der Waals surface area contributed by atoms with Crippen molar-refractivity contribution in [3.8, 4) is 5.75 Å². The molecular weight excluding hydrogens is 460 g/mol. The van der Waals surface area contributed by atoms with Gasteiger partial charge in [0.05, 0.1) is 37.1 Å². The Bertz CT molecular complexity index is 1180. The number of methoxy groups -OCH3 is 1. The lowest BCUT2D eigenvalue weighted by Crippen LogP contribution is -2.56. The molecule has 0 spiro atoms. The van der Waals surface area contributed by atoms with E-state index in [1.54, 1.807) is 35.4 Å². The Balaban J connectivity index is 1.63. The number of anilines is 1. The number of nitrogens with one attached hydrogen (secondary N) is 1. The maximum absolute atomic E-state index is 13.5. The molecule has 0 radical (unpaired) electrons. The van der Waals surface area contributed by atoms with Crippen molar-refractivity contribution in [1.82, 2.24) is 14.9 Å². The average Bonchev–Trinajstić information content (AvgIpc) is 3.21. The first-order valence-corrected chi connectivity index (χ1v) is 11.5. The highest BCUT2D eigenvalue weighted by molar-refractivity contribution is 6.30. The maximum Gasteiger partial charge on any atom is 0.296 e. The molecule has 0 bridgehead atoms. The van der Waals surface area contributed by atoms with E-state index in [9.17, 15) is 9.90 Å². The van der Waals surface area contributed by atoms with Crippen LogP contribution in [0.25, 0.3) is 11.1 Å². The predicted octanol–water partition coefficient (Wildman–Crippen LogP) is 4.06. The molecule has 1 aliphatic rings. The van der Waals surface area contributed by atoms with Gasteiger partial charge in [0.1, 0.15) is 5.52 Å². The average molecular weight is 489 g/mol. The van der Waals surface area contributed by atoms with Gasteiger partial charge < -0.3 is 29.2 Å². The zero-order valence-corrected chi connectivity index (χ0v) is 20.4. The first-order valence-electron chi connectivity index (χ1n) is 11.1. The Morgan fingerprint density at radius 2 is 2.21 bits per heavy atom. The summed E-state index contributed by atoms with van der Waals surface area (Å²) in [6, 6.07) is 6.67. The van der Waals surface area contributed by atoms with E-state index in [-0.39, 0.29) is 30.6 Å². The van der Waals surface area contributed by atoms with Crippen LogP contribution in [0.2, 0.25) is 5.02 Å². The van der Waals surface area contributed by atoms with Crippen LogP contribution < -0.4 is 10.1 Å². The molecule has 2 atom stereocenters. The standard InChI is InChI=1S/C24H29ClN4O5/c1-14(18-11-16(25)5-7-26-18)27-23-28-19-9-15(10-20(32-4)21(19)34-23)22(31)29-13-24(2,3)33-12-17(29)6-8-30/h5,7,9-11,14,17,30H,6,8,12-13H2,1-4H3,(H,27,28)/t14?,17-/m1/s1. The molecule has 2 N–H and O–H groups in total. The molecule has 9 nitrogen and oxygen atoms in total. The van der Waals surface area contributed by atoms with Crippen LogP contribution in [0.5, 0.6) is 5.75 Å². The fraction of sp³-hybridized carbons (Fsp3) is 0.458. The van der Waals surface area contributed by atoms with Crippen molar-refractivity contribution in [2.45, 2.75) is 44.9 Å². The van der Waals surface area contributed by atoms with E-state index in [1.165, 1.54) is 7.11 Å². The summed E-state index contributed by atoms with van der Waals surface area (Å²) in [5.41, 5.74) is 1.60. The summed E-state index contributed by atoms with van der Waals surface area (Å²) in [7, 11) is 1.52. The second kappa shape index (κ2) is 9.77. The lowest BCUT2D eigenvalue weighted by atomic mass is 10.0. The molecule has 0 saturated carbocycles. The number of morpholine rings is 1. The fourth-order valence-corrected chi connectivity index (χ4v) is 4.21. The fourth-order valence-electron chi connectivity index (χ4n) is 4.04. The van der Waals surface area contributed by atoms with Crippen molar-refractivity contribution in [1.29, 1.82) is 0 Å². The molecule has 0 aliphatic carbocycles. The van der Waals surface area contributed by atoms with Crippen LogP contribution in [0.15, 0.2) is 34.9 Å². The van der Waals surface area contributed by atoms with Crippen LogP contribution in [0.3, 0.4) is 0 Å². The molecule has 1 fully saturated rings. The number of hydrogen-bond acceptors (Lipinski definition) is 8. The third-order valence-electron chi connectivity index (χ3n) is 5.83. The summed E-state index contributed by atoms with van der Waals surface area (Å²) < 4.78 is 17.3. The van der Waals surface area contributed by atoms with Crippen molar-refractivity contribution >= 4 is 34.6 Å². The number of amides is 1. The van der Waals surface area contributed by atoms with Crippen molar-refractivity contribution in [3.05, 3.63) is 46.7 Å². The number of nitrogens with zero attached hydrogens (tertiary/aromatic N) is 3. The summed E-state index contributed by atoms with van der Waals surface area (Å²) in [6.07, 6.45) is 2.08. The van der Waals surface area contributed by atoms with Crippen molar-refractivity contribution < 1.29 is 23.8 Å². The molecule has 1 saturated heterocycles. The van der Waals surface area contributed by atoms with E-state index in [1.807, 2.05) is 20.8 Å². The maximum atomic E-state index is 13.5. The zero-order chi connectivity index (χ0) is 24.5. The number of benzene rings is 1. The smallest absolute Gasteiger partial charge is 0.296 e. The van der Waals surface area contributed by atoms with Crippen molar-refractivity contribution in [2.75, 3.05) is 32.2 Å². The highest BCUT2D eigenvalue weighted by Gasteiger charge is 2.37. The minimum Gasteiger partial charge on any atom is -0.493 e. The number of fused-ring (bicyclic) bond motifs is 1. The first-order chi connectivity index (χ1) is 16.2. The molecule has 4 rings (SSSR count). The third kappa shape index (κ3) is 5.11. The number of hydrogen-bond donors (Lipinski definition) is 2. The highest BCUT2D eigenvalue weighted by Crippen LogP contribution is 2.33. The van der Waals surface area contributed by atoms with Crippen molar-refractivity contribution in [3.63, 3.8) is 0 Å². The molecule has 34 heavy (non-hydrogen) atoms. The molecule has 10 heteroatoms. The van der Waals surface area contributed by atoms with Gasteiger partial charge in [0.2, 0.25) is 0 Å². The van der Waals surface area contributed by atoms with Gasteiger partial charge >= 0.3 is 0 Å². The van der Waals surface area contributed by atoms with Gasteiger partial charge in [0.15, 0.2) is 11.3 Å². The zero-order valence-electron chi connectivity index (χ0n) is 19.7. The SMILES string of the molecule is COc1cc(C(=O)N2CC(C)(C)OC[C@H]2CCO)cc2nc(NC(C)c3cc(Cl)ccn3)oc12. The quantitative estimate of drug-likeness (QED) is 0.512. The van der Waals surface area contributed by atoms with Crippen LogP contribution in [0.1, 0.15) is 49.3 Å². The molecule has 1 aromatic carbocycles. The Hall–Kier alpha value is -2.88. The molecule has 2 aromatic heterocycles. The number of ether oxygens (including phenoxy) is 2. The normalized spacial score (nSPS) is 18.6. The minimum atomic E-state index is -0.481. The summed E-state index contributed by atoms with van der Waals surface area (Å²) in [5, 5.41) is 13.2. The summed E-state index contributed by atoms with van der Waals surface area (Å²) in [5.74, 6) is 0.227. The number of aliphatic hydroxyl groups is 1. The van der Waals surface area contributed by atoms with E-state index >= 15 is 0 Å². The molecule has 1 unspecified atom stereocenters. The second-order valence-electron chi connectivity index (χ2n) is 8.98. The number of aromatic nitrogens is 2. The number of rotatable bonds is 7. The van der Waals surface area contributed by atoms with Gasteiger partial charge in [-0.1, -0.05) is 11.6 Å². The second-order valence-corrected chi connectivity index (χ2v) is 9.42. The molecular formula is C24H29ClN4O5. The third-order valence-corrected chi connectivity index (χ3v) is 6.07. The van der Waals surface area contributed by atoms with Gasteiger partial charge in [-0.15, -0.1) is 0 Å². The van der Waals surface area contributed by atoms with Crippen LogP contribution in [-0.4, -0.2) is 64.4 Å². The van der Waals surface area contributed by atoms with E-state index in [2.05, 4.69) is 15.3 Å². The van der Waals surface area contributed by atoms with E-state index < -0.39 is 5.60 Å². The Morgan fingerprint density at radius 1 is 1.41 bits per heavy atom. The van der Waals surface area contributed by atoms with E-state index in [0.29, 0.717) is 47.0 Å². The summed E-state index contributed by atoms with van der Waals surface area (Å²) >= 11 is 6.07. The number of carbonyl (C=O) groups excluding carboxylic acids is 1. The lowest BCUT2D eigenvalue weighted by molar-refractivity contribution is -0.105. The molecule has 3 heterocycles. The number of aliphatic hydroxyl groups excluding tert-OH is 1. The molecule has 1 amide bonds. The number of oxazole rings is 1. The van der Waals surface area contributed by atoms with Gasteiger partial charge in [0, 0.05) is 29.9 Å². The monoisotopic (exact) mass is 488 g/mol. The first kappa shape index (κ1) is 24.3. The largest absolute Gasteiger partial charge is 0.493 e. The van der Waals surface area contributed by atoms with Crippen molar-refractivity contribution in [2.24, 2.45) is 0 Å². The van der Waals surface area contributed by atoms with Gasteiger partial charge in [-0.25, -0.2) is 0 Å². The highest BCUT2D eigenvalue weighted by atomic mass is 35.5. The van der Waals surface area contributed by atoms with Crippen LogP contribution in [0.4, 0.5) is 6.01 Å². The van der Waals surface area contributed by atoms with Gasteiger partial charge in [-0.3, -0.25) is 9.78 Å². The lowest BCUT2D eigenvalue weighted by Gasteiger charge is -2.43. The molecule has 3 aromatic rings. The van der Waals surface area contributed by atoms with Crippen LogP contribution >= 0.6 is 11.6 Å². The number of halogens is 1.